The third kappa shape index (κ3) is 6.07. The van der Waals surface area contributed by atoms with Crippen molar-refractivity contribution in [3.8, 4) is 11.1 Å². The molecular weight excluding hydrogens is 441 g/mol. The van der Waals surface area contributed by atoms with Crippen LogP contribution in [0.2, 0.25) is 0 Å². The molecule has 1 aliphatic carbocycles. The van der Waals surface area contributed by atoms with Crippen molar-refractivity contribution in [2.24, 2.45) is 5.92 Å². The molecule has 0 saturated heterocycles. The normalized spacial score (nSPS) is 18.3. The van der Waals surface area contributed by atoms with E-state index >= 15 is 4.39 Å². The summed E-state index contributed by atoms with van der Waals surface area (Å²) in [6.45, 7) is 4.18. The van der Waals surface area contributed by atoms with Crippen LogP contribution >= 0.6 is 0 Å². The predicted octanol–water partition coefficient (Wildman–Crippen LogP) is 9.66. The summed E-state index contributed by atoms with van der Waals surface area (Å²) < 4.78 is 44.4. The summed E-state index contributed by atoms with van der Waals surface area (Å²) in [5, 5.41) is 0. The first-order chi connectivity index (χ1) is 17.0. The number of hydrogen-bond acceptors (Lipinski definition) is 0. The van der Waals surface area contributed by atoms with Gasteiger partial charge in [-0.25, -0.2) is 13.2 Å². The number of benzene rings is 3. The number of halogens is 3. The quantitative estimate of drug-likeness (QED) is 0.303. The molecule has 184 valence electrons. The van der Waals surface area contributed by atoms with E-state index in [1.807, 2.05) is 42.5 Å². The van der Waals surface area contributed by atoms with E-state index in [2.05, 4.69) is 19.9 Å². The minimum absolute atomic E-state index is 0.0287. The highest BCUT2D eigenvalue weighted by atomic mass is 19.2. The maximum absolute atomic E-state index is 15.1. The molecule has 1 saturated carbocycles. The van der Waals surface area contributed by atoms with Gasteiger partial charge in [0.05, 0.1) is 0 Å². The van der Waals surface area contributed by atoms with Crippen molar-refractivity contribution in [1.82, 2.24) is 0 Å². The van der Waals surface area contributed by atoms with Gasteiger partial charge in [0.15, 0.2) is 11.6 Å². The molecule has 0 aromatic heterocycles. The Morgan fingerprint density at radius 2 is 1.57 bits per heavy atom. The van der Waals surface area contributed by atoms with E-state index in [4.69, 9.17) is 0 Å². The molecular formula is C32H35F3. The van der Waals surface area contributed by atoms with Crippen LogP contribution in [0.25, 0.3) is 17.2 Å². The SMILES string of the molecule is CCCCc1ccc(C=CC2CCC(c3ccc(-c4ccc(CC)cc4)c(F)c3F)CC2)cc1F. The summed E-state index contributed by atoms with van der Waals surface area (Å²) >= 11 is 0. The average molecular weight is 477 g/mol. The third-order valence-electron chi connectivity index (χ3n) is 7.43. The van der Waals surface area contributed by atoms with E-state index in [0.717, 1.165) is 62.5 Å². The summed E-state index contributed by atoms with van der Waals surface area (Å²) in [6.07, 6.45) is 11.4. The Hall–Kier alpha value is -2.81. The highest BCUT2D eigenvalue weighted by Crippen LogP contribution is 2.39. The number of rotatable bonds is 8. The molecule has 0 aliphatic heterocycles. The van der Waals surface area contributed by atoms with Crippen molar-refractivity contribution >= 4 is 6.08 Å². The second-order valence-electron chi connectivity index (χ2n) is 9.81. The van der Waals surface area contributed by atoms with E-state index in [0.29, 0.717) is 22.6 Å². The van der Waals surface area contributed by atoms with E-state index in [1.54, 1.807) is 18.2 Å². The Bertz CT molecular complexity index is 1150. The van der Waals surface area contributed by atoms with Crippen LogP contribution in [0.3, 0.4) is 0 Å². The Labute approximate surface area is 207 Å². The van der Waals surface area contributed by atoms with Crippen molar-refractivity contribution in [2.75, 3.05) is 0 Å². The number of unbranched alkanes of at least 4 members (excludes halogenated alkanes) is 1. The average Bonchev–Trinajstić information content (AvgIpc) is 2.89. The summed E-state index contributed by atoms with van der Waals surface area (Å²) in [5.74, 6) is -1.19. The van der Waals surface area contributed by atoms with E-state index in [1.165, 1.54) is 5.56 Å². The lowest BCUT2D eigenvalue weighted by Gasteiger charge is -2.27. The third-order valence-corrected chi connectivity index (χ3v) is 7.43. The lowest BCUT2D eigenvalue weighted by atomic mass is 9.78. The Kier molecular flexibility index (Phi) is 8.49. The fraction of sp³-hybridized carbons (Fsp3) is 0.375. The van der Waals surface area contributed by atoms with Crippen LogP contribution in [-0.2, 0) is 12.8 Å². The minimum atomic E-state index is -0.752. The van der Waals surface area contributed by atoms with Crippen LogP contribution in [0, 0.1) is 23.4 Å². The number of hydrogen-bond donors (Lipinski definition) is 0. The summed E-state index contributed by atoms with van der Waals surface area (Å²) in [4.78, 5) is 0. The van der Waals surface area contributed by atoms with Gasteiger partial charge in [-0.3, -0.25) is 0 Å². The molecule has 1 fully saturated rings. The van der Waals surface area contributed by atoms with Gasteiger partial charge in [-0.1, -0.05) is 81.0 Å². The number of aryl methyl sites for hydroxylation is 2. The topological polar surface area (TPSA) is 0 Å². The second kappa shape index (κ2) is 11.7. The second-order valence-corrected chi connectivity index (χ2v) is 9.81. The summed E-state index contributed by atoms with van der Waals surface area (Å²) in [6, 6.07) is 16.6. The molecule has 0 N–H and O–H groups in total. The first kappa shape index (κ1) is 25.3. The van der Waals surface area contributed by atoms with Gasteiger partial charge in [-0.05, 0) is 90.7 Å². The lowest BCUT2D eigenvalue weighted by Crippen LogP contribution is -2.13. The van der Waals surface area contributed by atoms with Crippen LogP contribution in [0.5, 0.6) is 0 Å². The summed E-state index contributed by atoms with van der Waals surface area (Å²) in [7, 11) is 0. The zero-order valence-corrected chi connectivity index (χ0v) is 20.8. The largest absolute Gasteiger partial charge is 0.207 e. The monoisotopic (exact) mass is 476 g/mol. The molecule has 0 radical (unpaired) electrons. The molecule has 3 heteroatoms. The molecule has 3 aromatic rings. The molecule has 3 aromatic carbocycles. The van der Waals surface area contributed by atoms with Gasteiger partial charge >= 0.3 is 0 Å². The fourth-order valence-electron chi connectivity index (χ4n) is 5.13. The van der Waals surface area contributed by atoms with Crippen LogP contribution < -0.4 is 0 Å². The van der Waals surface area contributed by atoms with Gasteiger partial charge in [-0.2, -0.15) is 0 Å². The van der Waals surface area contributed by atoms with Crippen LogP contribution in [0.15, 0.2) is 60.7 Å². The first-order valence-corrected chi connectivity index (χ1v) is 13.0. The molecule has 0 heterocycles. The highest BCUT2D eigenvalue weighted by molar-refractivity contribution is 5.65. The molecule has 35 heavy (non-hydrogen) atoms. The molecule has 0 unspecified atom stereocenters. The van der Waals surface area contributed by atoms with Crippen molar-refractivity contribution in [3.05, 3.63) is 100 Å². The van der Waals surface area contributed by atoms with Crippen LogP contribution in [0.1, 0.15) is 80.5 Å². The smallest absolute Gasteiger partial charge is 0.166 e. The Morgan fingerprint density at radius 1 is 0.829 bits per heavy atom. The minimum Gasteiger partial charge on any atom is -0.207 e. The standard InChI is InChI=1S/C32H35F3/c1-3-5-6-27-18-13-24(21-30(27)33)8-7-23-11-16-26(17-12-23)29-20-19-28(31(34)32(29)35)25-14-9-22(4-2)10-15-25/h7-10,13-15,18-21,23,26H,3-6,11-12,16-17H2,1-2H3. The van der Waals surface area contributed by atoms with E-state index in [9.17, 15) is 8.78 Å². The predicted molar refractivity (Wildman–Crippen MR) is 140 cm³/mol. The fourth-order valence-corrected chi connectivity index (χ4v) is 5.13. The van der Waals surface area contributed by atoms with Crippen molar-refractivity contribution in [2.45, 2.75) is 71.1 Å². The molecule has 0 spiro atoms. The maximum Gasteiger partial charge on any atom is 0.166 e. The van der Waals surface area contributed by atoms with E-state index in [-0.39, 0.29) is 11.7 Å². The maximum atomic E-state index is 15.1. The molecule has 0 bridgehead atoms. The van der Waals surface area contributed by atoms with Gasteiger partial charge in [-0.15, -0.1) is 0 Å². The van der Waals surface area contributed by atoms with E-state index < -0.39 is 11.6 Å². The zero-order valence-electron chi connectivity index (χ0n) is 20.8. The van der Waals surface area contributed by atoms with Gasteiger partial charge < -0.3 is 0 Å². The molecule has 0 amide bonds. The summed E-state index contributed by atoms with van der Waals surface area (Å²) in [5.41, 5.74) is 4.34. The van der Waals surface area contributed by atoms with Crippen molar-refractivity contribution in [1.29, 1.82) is 0 Å². The lowest BCUT2D eigenvalue weighted by molar-refractivity contribution is 0.365. The molecule has 1 aliphatic rings. The molecule has 0 atom stereocenters. The molecule has 4 rings (SSSR count). The van der Waals surface area contributed by atoms with Crippen LogP contribution in [-0.4, -0.2) is 0 Å². The Balaban J connectivity index is 1.38. The first-order valence-electron chi connectivity index (χ1n) is 13.0. The van der Waals surface area contributed by atoms with Gasteiger partial charge in [0, 0.05) is 5.56 Å². The molecule has 0 nitrogen and oxygen atoms in total. The van der Waals surface area contributed by atoms with Crippen molar-refractivity contribution < 1.29 is 13.2 Å². The van der Waals surface area contributed by atoms with Gasteiger partial charge in [0.1, 0.15) is 5.82 Å². The zero-order chi connectivity index (χ0) is 24.8. The highest BCUT2D eigenvalue weighted by Gasteiger charge is 2.25. The van der Waals surface area contributed by atoms with Gasteiger partial charge in [0.25, 0.3) is 0 Å². The number of allylic oxidation sites excluding steroid dienone is 1. The van der Waals surface area contributed by atoms with Crippen LogP contribution in [0.4, 0.5) is 13.2 Å². The Morgan fingerprint density at radius 3 is 2.23 bits per heavy atom. The van der Waals surface area contributed by atoms with Crippen molar-refractivity contribution in [3.63, 3.8) is 0 Å². The van der Waals surface area contributed by atoms with Gasteiger partial charge in [0.2, 0.25) is 0 Å².